The lowest BCUT2D eigenvalue weighted by molar-refractivity contribution is 0.0953. The van der Waals surface area contributed by atoms with Gasteiger partial charge in [0.2, 0.25) is 0 Å². The molecule has 0 spiro atoms. The van der Waals surface area contributed by atoms with Gasteiger partial charge in [0, 0.05) is 16.2 Å². The van der Waals surface area contributed by atoms with Crippen LogP contribution >= 0.6 is 23.2 Å². The summed E-state index contributed by atoms with van der Waals surface area (Å²) >= 11 is 12.1. The molecule has 0 saturated heterocycles. The monoisotopic (exact) mass is 350 g/mol. The number of carbonyl (C=O) groups excluding carboxylic acids is 1. The van der Waals surface area contributed by atoms with Crippen molar-refractivity contribution >= 4 is 41.4 Å². The van der Waals surface area contributed by atoms with E-state index in [1.165, 1.54) is 12.5 Å². The zero-order valence-corrected chi connectivity index (χ0v) is 13.6. The number of hydrogen-bond donors (Lipinski definition) is 1. The van der Waals surface area contributed by atoms with E-state index in [4.69, 9.17) is 32.4 Å². The fraction of sp³-hybridized carbons (Fsp3) is 0.125. The number of furan rings is 1. The molecule has 23 heavy (non-hydrogen) atoms. The fourth-order valence-electron chi connectivity index (χ4n) is 2.17. The van der Waals surface area contributed by atoms with Crippen molar-refractivity contribution in [2.45, 2.75) is 6.92 Å². The Kier molecular flexibility index (Phi) is 4.41. The SMILES string of the molecule is Cc1occc1C(=O)NN=CC1=Cc2cc(Cl)cc(Cl)c2OC1. The standard InChI is InChI=1S/C16H12Cl2N2O3/c1-9-13(2-3-22-9)16(21)20-19-7-10-4-11-5-12(17)6-14(18)15(11)23-8-10/h2-7H,8H2,1H3,(H,20,21). The van der Waals surface area contributed by atoms with Crippen LogP contribution in [0.2, 0.25) is 10.0 Å². The molecule has 1 aromatic carbocycles. The quantitative estimate of drug-likeness (QED) is 0.669. The van der Waals surface area contributed by atoms with Gasteiger partial charge in [-0.2, -0.15) is 5.10 Å². The fourth-order valence-corrected chi connectivity index (χ4v) is 2.73. The highest BCUT2D eigenvalue weighted by Crippen LogP contribution is 2.36. The van der Waals surface area contributed by atoms with E-state index < -0.39 is 0 Å². The van der Waals surface area contributed by atoms with Crippen molar-refractivity contribution in [2.75, 3.05) is 6.61 Å². The van der Waals surface area contributed by atoms with E-state index >= 15 is 0 Å². The summed E-state index contributed by atoms with van der Waals surface area (Å²) in [4.78, 5) is 11.9. The number of rotatable bonds is 3. The van der Waals surface area contributed by atoms with Crippen molar-refractivity contribution in [2.24, 2.45) is 5.10 Å². The van der Waals surface area contributed by atoms with Crippen molar-refractivity contribution < 1.29 is 13.9 Å². The van der Waals surface area contributed by atoms with Gasteiger partial charge in [-0.25, -0.2) is 5.43 Å². The molecule has 3 rings (SSSR count). The molecular weight excluding hydrogens is 339 g/mol. The van der Waals surface area contributed by atoms with Crippen LogP contribution in [-0.2, 0) is 0 Å². The topological polar surface area (TPSA) is 63.8 Å². The van der Waals surface area contributed by atoms with E-state index in [-0.39, 0.29) is 5.91 Å². The van der Waals surface area contributed by atoms with E-state index in [1.54, 1.807) is 25.1 Å². The first-order valence-corrected chi connectivity index (χ1v) is 7.50. The number of fused-ring (bicyclic) bond motifs is 1. The molecule has 118 valence electrons. The van der Waals surface area contributed by atoms with Crippen LogP contribution in [0.5, 0.6) is 5.75 Å². The zero-order valence-electron chi connectivity index (χ0n) is 12.1. The number of aryl methyl sites for hydroxylation is 1. The van der Waals surface area contributed by atoms with Crippen LogP contribution < -0.4 is 10.2 Å². The number of nitrogens with one attached hydrogen (secondary N) is 1. The summed E-state index contributed by atoms with van der Waals surface area (Å²) in [7, 11) is 0. The van der Waals surface area contributed by atoms with Crippen molar-refractivity contribution in [3.8, 4) is 5.75 Å². The van der Waals surface area contributed by atoms with Gasteiger partial charge in [0.15, 0.2) is 0 Å². The van der Waals surface area contributed by atoms with E-state index in [1.807, 2.05) is 6.08 Å². The van der Waals surface area contributed by atoms with Crippen molar-refractivity contribution in [3.05, 3.63) is 57.0 Å². The summed E-state index contributed by atoms with van der Waals surface area (Å²) in [6, 6.07) is 4.97. The second kappa shape index (κ2) is 6.48. The molecular formula is C16H12Cl2N2O3. The molecule has 0 radical (unpaired) electrons. The molecule has 0 fully saturated rings. The Labute approximate surface area is 142 Å². The van der Waals surface area contributed by atoms with Crippen molar-refractivity contribution in [3.63, 3.8) is 0 Å². The van der Waals surface area contributed by atoms with E-state index in [2.05, 4.69) is 10.5 Å². The van der Waals surface area contributed by atoms with Gasteiger partial charge in [-0.1, -0.05) is 23.2 Å². The van der Waals surface area contributed by atoms with E-state index in [0.717, 1.165) is 11.1 Å². The predicted octanol–water partition coefficient (Wildman–Crippen LogP) is 4.09. The molecule has 5 nitrogen and oxygen atoms in total. The Hall–Kier alpha value is -2.24. The molecule has 0 unspecified atom stereocenters. The van der Waals surface area contributed by atoms with Gasteiger partial charge >= 0.3 is 0 Å². The first-order chi connectivity index (χ1) is 11.0. The van der Waals surface area contributed by atoms with Gasteiger partial charge < -0.3 is 9.15 Å². The van der Waals surface area contributed by atoms with Crippen molar-refractivity contribution in [1.29, 1.82) is 0 Å². The summed E-state index contributed by atoms with van der Waals surface area (Å²) in [6.45, 7) is 2.01. The predicted molar refractivity (Wildman–Crippen MR) is 89.3 cm³/mol. The molecule has 1 aliphatic heterocycles. The van der Waals surface area contributed by atoms with Gasteiger partial charge in [-0.15, -0.1) is 0 Å². The minimum Gasteiger partial charge on any atom is -0.487 e. The first-order valence-electron chi connectivity index (χ1n) is 6.74. The lowest BCUT2D eigenvalue weighted by atomic mass is 10.1. The normalized spacial score (nSPS) is 13.4. The Morgan fingerprint density at radius 2 is 2.22 bits per heavy atom. The number of ether oxygens (including phenoxy) is 1. The Balaban J connectivity index is 1.72. The van der Waals surface area contributed by atoms with Gasteiger partial charge in [0.25, 0.3) is 5.91 Å². The number of halogens is 2. The maximum absolute atomic E-state index is 11.9. The first kappa shape index (κ1) is 15.6. The Morgan fingerprint density at radius 1 is 1.39 bits per heavy atom. The minimum absolute atomic E-state index is 0.304. The smallest absolute Gasteiger partial charge is 0.274 e. The molecule has 0 bridgehead atoms. The number of carbonyl (C=O) groups is 1. The highest BCUT2D eigenvalue weighted by atomic mass is 35.5. The van der Waals surface area contributed by atoms with Crippen LogP contribution in [0.1, 0.15) is 21.7 Å². The molecule has 7 heteroatoms. The largest absolute Gasteiger partial charge is 0.487 e. The van der Waals surface area contributed by atoms with Crippen LogP contribution in [0.4, 0.5) is 0 Å². The average Bonchev–Trinajstić information content (AvgIpc) is 2.93. The van der Waals surface area contributed by atoms with Crippen LogP contribution in [-0.4, -0.2) is 18.7 Å². The number of benzene rings is 1. The molecule has 1 aliphatic rings. The lowest BCUT2D eigenvalue weighted by Gasteiger charge is -2.17. The number of hydrazone groups is 1. The van der Waals surface area contributed by atoms with Gasteiger partial charge in [0.05, 0.1) is 23.1 Å². The van der Waals surface area contributed by atoms with Crippen molar-refractivity contribution in [1.82, 2.24) is 5.43 Å². The van der Waals surface area contributed by atoms with E-state index in [9.17, 15) is 4.79 Å². The minimum atomic E-state index is -0.337. The number of hydrogen-bond acceptors (Lipinski definition) is 4. The molecule has 0 saturated carbocycles. The molecule has 0 aliphatic carbocycles. The number of amides is 1. The maximum Gasteiger partial charge on any atom is 0.274 e. The maximum atomic E-state index is 11.9. The molecule has 2 aromatic rings. The van der Waals surface area contributed by atoms with Gasteiger partial charge in [-0.3, -0.25) is 4.79 Å². The second-order valence-corrected chi connectivity index (χ2v) is 5.75. The summed E-state index contributed by atoms with van der Waals surface area (Å²) in [6.07, 6.45) is 4.83. The second-order valence-electron chi connectivity index (χ2n) is 4.90. The molecule has 1 amide bonds. The third kappa shape index (κ3) is 3.41. The van der Waals surface area contributed by atoms with Crippen LogP contribution in [0.15, 0.2) is 39.6 Å². The third-order valence-corrected chi connectivity index (χ3v) is 3.76. The lowest BCUT2D eigenvalue weighted by Crippen LogP contribution is -2.18. The van der Waals surface area contributed by atoms with Crippen LogP contribution in [0.3, 0.4) is 0 Å². The van der Waals surface area contributed by atoms with Crippen LogP contribution in [0, 0.1) is 6.92 Å². The molecule has 1 aromatic heterocycles. The third-order valence-electron chi connectivity index (χ3n) is 3.26. The average molecular weight is 351 g/mol. The zero-order chi connectivity index (χ0) is 16.4. The molecule has 2 heterocycles. The van der Waals surface area contributed by atoms with Gasteiger partial charge in [0.1, 0.15) is 18.1 Å². The van der Waals surface area contributed by atoms with Gasteiger partial charge in [-0.05, 0) is 31.2 Å². The molecule has 0 atom stereocenters. The highest BCUT2D eigenvalue weighted by molar-refractivity contribution is 6.36. The summed E-state index contributed by atoms with van der Waals surface area (Å²) < 4.78 is 10.7. The molecule has 1 N–H and O–H groups in total. The summed E-state index contributed by atoms with van der Waals surface area (Å²) in [5, 5.41) is 4.91. The van der Waals surface area contributed by atoms with E-state index in [0.29, 0.717) is 33.7 Å². The Bertz CT molecular complexity index is 825. The highest BCUT2D eigenvalue weighted by Gasteiger charge is 2.15. The summed E-state index contributed by atoms with van der Waals surface area (Å²) in [5.41, 5.74) is 4.43. The Morgan fingerprint density at radius 3 is 2.96 bits per heavy atom. The summed E-state index contributed by atoms with van der Waals surface area (Å²) in [5.74, 6) is 0.790. The van der Waals surface area contributed by atoms with Crippen LogP contribution in [0.25, 0.3) is 6.08 Å². The number of nitrogens with zero attached hydrogens (tertiary/aromatic N) is 1.